The van der Waals surface area contributed by atoms with E-state index >= 15 is 0 Å². The topological polar surface area (TPSA) is 111 Å². The Balaban J connectivity index is 2.16. The van der Waals surface area contributed by atoms with E-state index < -0.39 is 33.5 Å². The summed E-state index contributed by atoms with van der Waals surface area (Å²) in [6.07, 6.45) is -1.08. The van der Waals surface area contributed by atoms with Gasteiger partial charge < -0.3 is 14.8 Å². The summed E-state index contributed by atoms with van der Waals surface area (Å²) in [5.74, 6) is -1.21. The van der Waals surface area contributed by atoms with Gasteiger partial charge in [0.15, 0.2) is 6.10 Å². The molecule has 32 heavy (non-hydrogen) atoms. The zero-order valence-corrected chi connectivity index (χ0v) is 19.9. The van der Waals surface area contributed by atoms with Gasteiger partial charge in [-0.05, 0) is 58.4 Å². The Morgan fingerprint density at radius 2 is 1.62 bits per heavy atom. The van der Waals surface area contributed by atoms with E-state index in [2.05, 4.69) is 10.0 Å². The summed E-state index contributed by atoms with van der Waals surface area (Å²) in [6.45, 7) is 8.38. The van der Waals surface area contributed by atoms with E-state index in [1.54, 1.807) is 20.8 Å². The highest BCUT2D eigenvalue weighted by atomic mass is 32.2. The van der Waals surface area contributed by atoms with Crippen molar-refractivity contribution in [3.63, 3.8) is 0 Å². The van der Waals surface area contributed by atoms with Crippen molar-refractivity contribution in [2.24, 2.45) is 0 Å². The zero-order valence-electron chi connectivity index (χ0n) is 19.1. The van der Waals surface area contributed by atoms with Gasteiger partial charge in [-0.25, -0.2) is 17.9 Å². The fraction of sp³-hybridized carbons (Fsp3) is 0.391. The van der Waals surface area contributed by atoms with E-state index in [0.717, 1.165) is 5.56 Å². The normalized spacial score (nSPS) is 13.7. The minimum atomic E-state index is -3.97. The second-order valence-electron chi connectivity index (χ2n) is 8.41. The predicted molar refractivity (Wildman–Crippen MR) is 121 cm³/mol. The van der Waals surface area contributed by atoms with Crippen molar-refractivity contribution in [2.75, 3.05) is 7.11 Å². The predicted octanol–water partition coefficient (Wildman–Crippen LogP) is 3.19. The lowest BCUT2D eigenvalue weighted by molar-refractivity contribution is -0.129. The molecule has 0 aliphatic heterocycles. The molecule has 9 heteroatoms. The van der Waals surface area contributed by atoms with Gasteiger partial charge in [0.2, 0.25) is 10.0 Å². The van der Waals surface area contributed by atoms with Crippen LogP contribution in [0.4, 0.5) is 0 Å². The molecule has 174 valence electrons. The maximum atomic E-state index is 12.8. The molecule has 0 heterocycles. The summed E-state index contributed by atoms with van der Waals surface area (Å²) in [4.78, 5) is 24.9. The lowest BCUT2D eigenvalue weighted by Gasteiger charge is -2.21. The molecule has 0 aliphatic rings. The fourth-order valence-corrected chi connectivity index (χ4v) is 4.52. The van der Waals surface area contributed by atoms with Gasteiger partial charge in [0.25, 0.3) is 5.91 Å². The van der Waals surface area contributed by atoms with Crippen LogP contribution in [0.15, 0.2) is 53.4 Å². The Labute approximate surface area is 189 Å². The molecule has 2 N–H and O–H groups in total. The van der Waals surface area contributed by atoms with Gasteiger partial charge in [0.1, 0.15) is 10.6 Å². The van der Waals surface area contributed by atoms with Crippen molar-refractivity contribution >= 4 is 21.9 Å². The van der Waals surface area contributed by atoms with Crippen LogP contribution in [0.1, 0.15) is 56.6 Å². The van der Waals surface area contributed by atoms with E-state index in [0.29, 0.717) is 0 Å². The quantitative estimate of drug-likeness (QED) is 0.583. The zero-order chi connectivity index (χ0) is 24.1. The minimum Gasteiger partial charge on any atom is -0.495 e. The van der Waals surface area contributed by atoms with Crippen LogP contribution >= 0.6 is 0 Å². The van der Waals surface area contributed by atoms with Crippen LogP contribution in [0, 0.1) is 0 Å². The minimum absolute atomic E-state index is 0.0177. The molecule has 0 bridgehead atoms. The highest BCUT2D eigenvalue weighted by Gasteiger charge is 2.27. The van der Waals surface area contributed by atoms with Gasteiger partial charge in [-0.1, -0.05) is 30.3 Å². The number of methoxy groups -OCH3 is 1. The SMILES string of the molecule is COc1ccc(C(=O)OC(C)C(=O)NC(C)c2ccccc2)cc1S(=O)(=O)NC(C)(C)C. The summed E-state index contributed by atoms with van der Waals surface area (Å²) in [6, 6.07) is 13.0. The molecule has 2 aromatic rings. The van der Waals surface area contributed by atoms with E-state index in [4.69, 9.17) is 9.47 Å². The maximum absolute atomic E-state index is 12.8. The Hall–Kier alpha value is -2.91. The first-order valence-electron chi connectivity index (χ1n) is 10.1. The Morgan fingerprint density at radius 1 is 1.00 bits per heavy atom. The number of benzene rings is 2. The monoisotopic (exact) mass is 462 g/mol. The molecule has 1 amide bonds. The average molecular weight is 463 g/mol. The van der Waals surface area contributed by atoms with Crippen LogP contribution in [0.2, 0.25) is 0 Å². The second-order valence-corrected chi connectivity index (χ2v) is 10.1. The van der Waals surface area contributed by atoms with Crippen LogP contribution in [-0.4, -0.2) is 39.0 Å². The van der Waals surface area contributed by atoms with E-state index in [1.165, 1.54) is 32.2 Å². The first-order chi connectivity index (χ1) is 14.8. The lowest BCUT2D eigenvalue weighted by atomic mass is 10.1. The molecule has 2 aromatic carbocycles. The lowest BCUT2D eigenvalue weighted by Crippen LogP contribution is -2.40. The Kier molecular flexibility index (Phi) is 8.03. The first-order valence-corrected chi connectivity index (χ1v) is 11.6. The van der Waals surface area contributed by atoms with Crippen LogP contribution in [0.25, 0.3) is 0 Å². The number of rotatable bonds is 8. The Morgan fingerprint density at radius 3 is 2.19 bits per heavy atom. The number of carbonyl (C=O) groups excluding carboxylic acids is 2. The fourth-order valence-electron chi connectivity index (χ4n) is 2.91. The number of carbonyl (C=O) groups is 2. The van der Waals surface area contributed by atoms with Crippen molar-refractivity contribution in [2.45, 2.75) is 57.2 Å². The molecule has 0 saturated heterocycles. The van der Waals surface area contributed by atoms with Gasteiger partial charge in [-0.15, -0.1) is 0 Å². The Bertz CT molecular complexity index is 1060. The van der Waals surface area contributed by atoms with Crippen molar-refractivity contribution in [1.29, 1.82) is 0 Å². The number of nitrogens with one attached hydrogen (secondary N) is 2. The van der Waals surface area contributed by atoms with E-state index in [9.17, 15) is 18.0 Å². The third-order valence-electron chi connectivity index (χ3n) is 4.44. The molecule has 0 aliphatic carbocycles. The molecule has 0 spiro atoms. The highest BCUT2D eigenvalue weighted by molar-refractivity contribution is 7.89. The van der Waals surface area contributed by atoms with Crippen molar-refractivity contribution in [1.82, 2.24) is 10.0 Å². The molecule has 0 fully saturated rings. The standard InChI is InChI=1S/C23H30N2O6S/c1-15(17-10-8-7-9-11-17)24-21(26)16(2)31-22(27)18-12-13-19(30-6)20(14-18)32(28,29)25-23(3,4)5/h7-16,25H,1-6H3,(H,24,26). The summed E-state index contributed by atoms with van der Waals surface area (Å²) < 4.78 is 38.5. The van der Waals surface area contributed by atoms with Crippen molar-refractivity contribution in [3.8, 4) is 5.75 Å². The average Bonchev–Trinajstić information content (AvgIpc) is 2.72. The number of hydrogen-bond acceptors (Lipinski definition) is 6. The summed E-state index contributed by atoms with van der Waals surface area (Å²) in [7, 11) is -2.63. The third-order valence-corrected chi connectivity index (χ3v) is 6.22. The number of esters is 1. The molecule has 0 radical (unpaired) electrons. The molecule has 8 nitrogen and oxygen atoms in total. The van der Waals surface area contributed by atoms with Gasteiger partial charge in [-0.2, -0.15) is 0 Å². The molecule has 0 aromatic heterocycles. The van der Waals surface area contributed by atoms with Gasteiger partial charge in [-0.3, -0.25) is 4.79 Å². The number of amides is 1. The first kappa shape index (κ1) is 25.4. The van der Waals surface area contributed by atoms with E-state index in [-0.39, 0.29) is 22.3 Å². The maximum Gasteiger partial charge on any atom is 0.338 e. The summed E-state index contributed by atoms with van der Waals surface area (Å²) in [5.41, 5.74) is 0.161. The number of sulfonamides is 1. The smallest absolute Gasteiger partial charge is 0.338 e. The number of ether oxygens (including phenoxy) is 2. The summed E-state index contributed by atoms with van der Waals surface area (Å²) in [5, 5.41) is 2.79. The van der Waals surface area contributed by atoms with Crippen LogP contribution in [-0.2, 0) is 19.6 Å². The molecule has 2 rings (SSSR count). The van der Waals surface area contributed by atoms with Crippen molar-refractivity contribution in [3.05, 3.63) is 59.7 Å². The molecule has 2 atom stereocenters. The second kappa shape index (κ2) is 10.1. The number of hydrogen-bond donors (Lipinski definition) is 2. The van der Waals surface area contributed by atoms with Crippen molar-refractivity contribution < 1.29 is 27.5 Å². The third kappa shape index (κ3) is 6.80. The molecule has 2 unspecified atom stereocenters. The summed E-state index contributed by atoms with van der Waals surface area (Å²) >= 11 is 0. The van der Waals surface area contributed by atoms with Gasteiger partial charge in [0, 0.05) is 5.54 Å². The largest absolute Gasteiger partial charge is 0.495 e. The van der Waals surface area contributed by atoms with Crippen LogP contribution in [0.5, 0.6) is 5.75 Å². The van der Waals surface area contributed by atoms with E-state index in [1.807, 2.05) is 37.3 Å². The van der Waals surface area contributed by atoms with Gasteiger partial charge >= 0.3 is 5.97 Å². The molecular weight excluding hydrogens is 432 g/mol. The molecular formula is C23H30N2O6S. The van der Waals surface area contributed by atoms with Crippen LogP contribution in [0.3, 0.4) is 0 Å². The molecule has 0 saturated carbocycles. The van der Waals surface area contributed by atoms with Gasteiger partial charge in [0.05, 0.1) is 18.7 Å². The van der Waals surface area contributed by atoms with Crippen LogP contribution < -0.4 is 14.8 Å². The highest BCUT2D eigenvalue weighted by Crippen LogP contribution is 2.26.